The van der Waals surface area contributed by atoms with Gasteiger partial charge in [0.15, 0.2) is 0 Å². The molecule has 0 atom stereocenters. The summed E-state index contributed by atoms with van der Waals surface area (Å²) in [5.74, 6) is -0.783. The molecule has 1 aromatic carbocycles. The van der Waals surface area contributed by atoms with Gasteiger partial charge in [-0.1, -0.05) is 35.2 Å². The number of carbonyl (C=O) groups is 2. The lowest BCUT2D eigenvalue weighted by molar-refractivity contribution is -0.139. The quantitative estimate of drug-likeness (QED) is 0.477. The van der Waals surface area contributed by atoms with Crippen molar-refractivity contribution in [2.45, 2.75) is 38.1 Å². The number of carbonyl (C=O) groups excluding carboxylic acids is 2. The van der Waals surface area contributed by atoms with Crippen LogP contribution in [0.4, 0.5) is 0 Å². The standard InChI is InChI=1S/C16H20BrN3O3/c1-23-14-8-7-12(17)9-11(14)10-18-20-16(22)15(21)19-13-5-3-2-4-6-13/h7-10,13H,2-6H2,1H3,(H,19,21)(H,20,22)/b18-10+. The Morgan fingerprint density at radius 1 is 1.26 bits per heavy atom. The fourth-order valence-electron chi connectivity index (χ4n) is 2.52. The maximum atomic E-state index is 11.8. The zero-order valence-electron chi connectivity index (χ0n) is 13.0. The Labute approximate surface area is 143 Å². The molecular formula is C16H20BrN3O3. The summed E-state index contributed by atoms with van der Waals surface area (Å²) in [4.78, 5) is 23.6. The van der Waals surface area contributed by atoms with Crippen molar-refractivity contribution in [1.82, 2.24) is 10.7 Å². The predicted octanol–water partition coefficient (Wildman–Crippen LogP) is 2.36. The fraction of sp³-hybridized carbons (Fsp3) is 0.438. The summed E-state index contributed by atoms with van der Waals surface area (Å²) in [7, 11) is 1.55. The number of halogens is 1. The van der Waals surface area contributed by atoms with Crippen molar-refractivity contribution < 1.29 is 14.3 Å². The summed E-state index contributed by atoms with van der Waals surface area (Å²) < 4.78 is 6.06. The average molecular weight is 382 g/mol. The minimum atomic E-state index is -0.763. The number of nitrogens with one attached hydrogen (secondary N) is 2. The summed E-state index contributed by atoms with van der Waals surface area (Å²) in [5, 5.41) is 6.56. The molecule has 1 saturated carbocycles. The van der Waals surface area contributed by atoms with Crippen LogP contribution in [0.5, 0.6) is 5.75 Å². The van der Waals surface area contributed by atoms with Crippen LogP contribution in [0.1, 0.15) is 37.7 Å². The summed E-state index contributed by atoms with van der Waals surface area (Å²) in [6.07, 6.45) is 6.67. The van der Waals surface area contributed by atoms with Crippen molar-refractivity contribution in [3.8, 4) is 5.75 Å². The predicted molar refractivity (Wildman–Crippen MR) is 91.4 cm³/mol. The molecule has 1 aliphatic carbocycles. The molecular weight excluding hydrogens is 362 g/mol. The Hall–Kier alpha value is -1.89. The van der Waals surface area contributed by atoms with E-state index in [0.29, 0.717) is 11.3 Å². The van der Waals surface area contributed by atoms with E-state index in [0.717, 1.165) is 30.2 Å². The van der Waals surface area contributed by atoms with Crippen LogP contribution in [-0.4, -0.2) is 31.2 Å². The van der Waals surface area contributed by atoms with Gasteiger partial charge < -0.3 is 10.1 Å². The van der Waals surface area contributed by atoms with Gasteiger partial charge in [-0.15, -0.1) is 0 Å². The Bertz CT molecular complexity index is 598. The first-order valence-electron chi connectivity index (χ1n) is 7.57. The van der Waals surface area contributed by atoms with Gasteiger partial charge in [0, 0.05) is 16.1 Å². The maximum absolute atomic E-state index is 11.8. The Morgan fingerprint density at radius 3 is 2.70 bits per heavy atom. The van der Waals surface area contributed by atoms with Gasteiger partial charge in [-0.25, -0.2) is 5.43 Å². The van der Waals surface area contributed by atoms with Gasteiger partial charge in [-0.2, -0.15) is 5.10 Å². The Morgan fingerprint density at radius 2 is 2.00 bits per heavy atom. The van der Waals surface area contributed by atoms with Gasteiger partial charge in [0.2, 0.25) is 0 Å². The summed E-state index contributed by atoms with van der Waals surface area (Å²) in [5.41, 5.74) is 2.93. The van der Waals surface area contributed by atoms with Crippen LogP contribution in [0.25, 0.3) is 0 Å². The Balaban J connectivity index is 1.88. The van der Waals surface area contributed by atoms with E-state index in [1.54, 1.807) is 19.2 Å². The Kier molecular flexibility index (Phi) is 6.58. The monoisotopic (exact) mass is 381 g/mol. The number of methoxy groups -OCH3 is 1. The highest BCUT2D eigenvalue weighted by Gasteiger charge is 2.19. The van der Waals surface area contributed by atoms with Crippen LogP contribution in [0.2, 0.25) is 0 Å². The number of hydrogen-bond donors (Lipinski definition) is 2. The highest BCUT2D eigenvalue weighted by molar-refractivity contribution is 9.10. The largest absolute Gasteiger partial charge is 0.496 e. The molecule has 0 radical (unpaired) electrons. The smallest absolute Gasteiger partial charge is 0.329 e. The van der Waals surface area contributed by atoms with Gasteiger partial charge in [-0.05, 0) is 31.0 Å². The van der Waals surface area contributed by atoms with E-state index >= 15 is 0 Å². The molecule has 7 heteroatoms. The molecule has 1 aromatic rings. The van der Waals surface area contributed by atoms with E-state index < -0.39 is 11.8 Å². The third-order valence-corrected chi connectivity index (χ3v) is 4.20. The van der Waals surface area contributed by atoms with Gasteiger partial charge >= 0.3 is 11.8 Å². The molecule has 0 saturated heterocycles. The minimum absolute atomic E-state index is 0.0937. The number of ether oxygens (including phenoxy) is 1. The third-order valence-electron chi connectivity index (χ3n) is 3.71. The minimum Gasteiger partial charge on any atom is -0.496 e. The van der Waals surface area contributed by atoms with Crippen molar-refractivity contribution in [2.75, 3.05) is 7.11 Å². The first kappa shape index (κ1) is 17.5. The molecule has 2 rings (SSSR count). The van der Waals surface area contributed by atoms with Crippen LogP contribution >= 0.6 is 15.9 Å². The average Bonchev–Trinajstić information content (AvgIpc) is 2.56. The second-order valence-corrected chi connectivity index (χ2v) is 6.31. The number of rotatable bonds is 4. The van der Waals surface area contributed by atoms with Crippen molar-refractivity contribution in [3.05, 3.63) is 28.2 Å². The molecule has 2 amide bonds. The summed E-state index contributed by atoms with van der Waals surface area (Å²) in [6, 6.07) is 5.52. The third kappa shape index (κ3) is 5.35. The molecule has 1 fully saturated rings. The van der Waals surface area contributed by atoms with Gasteiger partial charge in [0.25, 0.3) is 0 Å². The lowest BCUT2D eigenvalue weighted by Crippen LogP contribution is -2.44. The lowest BCUT2D eigenvalue weighted by atomic mass is 9.95. The highest BCUT2D eigenvalue weighted by atomic mass is 79.9. The second-order valence-electron chi connectivity index (χ2n) is 5.39. The van der Waals surface area contributed by atoms with E-state index in [4.69, 9.17) is 4.74 Å². The number of amides is 2. The maximum Gasteiger partial charge on any atom is 0.329 e. The van der Waals surface area contributed by atoms with Crippen LogP contribution < -0.4 is 15.5 Å². The molecule has 0 bridgehead atoms. The zero-order chi connectivity index (χ0) is 16.7. The van der Waals surface area contributed by atoms with Crippen molar-refractivity contribution in [3.63, 3.8) is 0 Å². The SMILES string of the molecule is COc1ccc(Br)cc1/C=N/NC(=O)C(=O)NC1CCCCC1. The van der Waals surface area contributed by atoms with Gasteiger partial charge in [-0.3, -0.25) is 9.59 Å². The van der Waals surface area contributed by atoms with E-state index in [1.807, 2.05) is 6.07 Å². The highest BCUT2D eigenvalue weighted by Crippen LogP contribution is 2.21. The zero-order valence-corrected chi connectivity index (χ0v) is 14.6. The second kappa shape index (κ2) is 8.67. The van der Waals surface area contributed by atoms with Crippen LogP contribution in [0, 0.1) is 0 Å². The molecule has 0 heterocycles. The van der Waals surface area contributed by atoms with Crippen LogP contribution in [0.15, 0.2) is 27.8 Å². The molecule has 0 unspecified atom stereocenters. The molecule has 6 nitrogen and oxygen atoms in total. The molecule has 0 aromatic heterocycles. The van der Waals surface area contributed by atoms with Crippen molar-refractivity contribution >= 4 is 34.0 Å². The molecule has 2 N–H and O–H groups in total. The molecule has 0 spiro atoms. The number of nitrogens with zero attached hydrogens (tertiary/aromatic N) is 1. The van der Waals surface area contributed by atoms with Gasteiger partial charge in [0.05, 0.1) is 13.3 Å². The molecule has 23 heavy (non-hydrogen) atoms. The van der Waals surface area contributed by atoms with E-state index in [1.165, 1.54) is 12.6 Å². The van der Waals surface area contributed by atoms with Gasteiger partial charge in [0.1, 0.15) is 5.75 Å². The lowest BCUT2D eigenvalue weighted by Gasteiger charge is -2.22. The number of hydrazone groups is 1. The van der Waals surface area contributed by atoms with Crippen LogP contribution in [-0.2, 0) is 9.59 Å². The number of benzene rings is 1. The van der Waals surface area contributed by atoms with Crippen molar-refractivity contribution in [2.24, 2.45) is 5.10 Å². The number of hydrogen-bond acceptors (Lipinski definition) is 4. The molecule has 124 valence electrons. The fourth-order valence-corrected chi connectivity index (χ4v) is 2.89. The van der Waals surface area contributed by atoms with E-state index in [2.05, 4.69) is 31.8 Å². The van der Waals surface area contributed by atoms with Crippen molar-refractivity contribution in [1.29, 1.82) is 0 Å². The topological polar surface area (TPSA) is 79.8 Å². The molecule has 0 aliphatic heterocycles. The first-order valence-corrected chi connectivity index (χ1v) is 8.37. The van der Waals surface area contributed by atoms with E-state index in [-0.39, 0.29) is 6.04 Å². The molecule has 1 aliphatic rings. The summed E-state index contributed by atoms with van der Waals surface area (Å²) >= 11 is 3.36. The summed E-state index contributed by atoms with van der Waals surface area (Å²) in [6.45, 7) is 0. The van der Waals surface area contributed by atoms with Crippen LogP contribution in [0.3, 0.4) is 0 Å². The first-order chi connectivity index (χ1) is 11.1. The normalized spacial score (nSPS) is 15.4. The van der Waals surface area contributed by atoms with E-state index in [9.17, 15) is 9.59 Å².